The maximum absolute atomic E-state index is 12.1. The number of amides is 1. The number of nitrogens with one attached hydrogen (secondary N) is 1. The van der Waals surface area contributed by atoms with Crippen molar-refractivity contribution >= 4 is 29.0 Å². The molecule has 0 aliphatic carbocycles. The molecule has 104 valence electrons. The Balaban J connectivity index is 2.14. The lowest BCUT2D eigenvalue weighted by Crippen LogP contribution is -2.12. The van der Waals surface area contributed by atoms with E-state index in [4.69, 9.17) is 22.1 Å². The molecule has 1 heterocycles. The molecule has 3 N–H and O–H groups in total. The SMILES string of the molecule is COCc1cccc(NC(=O)c2cnc(N)c(Cl)c2)c1. The number of pyridine rings is 1. The zero-order valence-electron chi connectivity index (χ0n) is 10.9. The summed E-state index contributed by atoms with van der Waals surface area (Å²) in [5, 5.41) is 3.03. The highest BCUT2D eigenvalue weighted by atomic mass is 35.5. The number of hydrogen-bond acceptors (Lipinski definition) is 4. The highest BCUT2D eigenvalue weighted by Crippen LogP contribution is 2.18. The highest BCUT2D eigenvalue weighted by molar-refractivity contribution is 6.33. The molecule has 0 saturated heterocycles. The number of anilines is 2. The molecule has 0 spiro atoms. The van der Waals surface area contributed by atoms with Crippen LogP contribution in [0.3, 0.4) is 0 Å². The predicted octanol–water partition coefficient (Wildman–Crippen LogP) is 2.72. The number of hydrogen-bond donors (Lipinski definition) is 2. The number of methoxy groups -OCH3 is 1. The van der Waals surface area contributed by atoms with E-state index in [1.54, 1.807) is 13.2 Å². The first-order chi connectivity index (χ1) is 9.60. The Morgan fingerprint density at radius 3 is 2.95 bits per heavy atom. The third kappa shape index (κ3) is 3.46. The van der Waals surface area contributed by atoms with Gasteiger partial charge in [0.1, 0.15) is 5.82 Å². The zero-order valence-corrected chi connectivity index (χ0v) is 11.6. The molecule has 20 heavy (non-hydrogen) atoms. The Hall–Kier alpha value is -2.11. The van der Waals surface area contributed by atoms with E-state index < -0.39 is 0 Å². The smallest absolute Gasteiger partial charge is 0.257 e. The maximum Gasteiger partial charge on any atom is 0.257 e. The average molecular weight is 292 g/mol. The van der Waals surface area contributed by atoms with Crippen molar-refractivity contribution in [1.29, 1.82) is 0 Å². The van der Waals surface area contributed by atoms with Crippen molar-refractivity contribution in [1.82, 2.24) is 4.98 Å². The molecule has 2 rings (SSSR count). The molecule has 0 fully saturated rings. The quantitative estimate of drug-likeness (QED) is 0.908. The summed E-state index contributed by atoms with van der Waals surface area (Å²) in [6, 6.07) is 8.88. The first kappa shape index (κ1) is 14.3. The van der Waals surface area contributed by atoms with Crippen molar-refractivity contribution in [2.45, 2.75) is 6.61 Å². The summed E-state index contributed by atoms with van der Waals surface area (Å²) in [5.74, 6) is -0.0979. The number of nitrogens with zero attached hydrogens (tertiary/aromatic N) is 1. The number of benzene rings is 1. The molecule has 0 aliphatic heterocycles. The minimum absolute atomic E-state index is 0.199. The molecule has 0 aliphatic rings. The van der Waals surface area contributed by atoms with Crippen LogP contribution in [0, 0.1) is 0 Å². The van der Waals surface area contributed by atoms with E-state index >= 15 is 0 Å². The van der Waals surface area contributed by atoms with Crippen molar-refractivity contribution < 1.29 is 9.53 Å². The van der Waals surface area contributed by atoms with E-state index in [0.29, 0.717) is 17.9 Å². The van der Waals surface area contributed by atoms with Crippen molar-refractivity contribution in [3.8, 4) is 0 Å². The van der Waals surface area contributed by atoms with Crippen LogP contribution in [0.4, 0.5) is 11.5 Å². The van der Waals surface area contributed by atoms with Gasteiger partial charge in [0.05, 0.1) is 17.2 Å². The molecule has 5 nitrogen and oxygen atoms in total. The van der Waals surface area contributed by atoms with Crippen LogP contribution in [0.5, 0.6) is 0 Å². The summed E-state index contributed by atoms with van der Waals surface area (Å²) in [7, 11) is 1.62. The van der Waals surface area contributed by atoms with Crippen LogP contribution in [-0.4, -0.2) is 18.0 Å². The molecule has 1 aromatic heterocycles. The highest BCUT2D eigenvalue weighted by Gasteiger charge is 2.09. The lowest BCUT2D eigenvalue weighted by Gasteiger charge is -2.07. The number of carbonyl (C=O) groups excluding carboxylic acids is 1. The largest absolute Gasteiger partial charge is 0.382 e. The molecule has 2 aromatic rings. The van der Waals surface area contributed by atoms with Crippen LogP contribution in [0.1, 0.15) is 15.9 Å². The van der Waals surface area contributed by atoms with Crippen LogP contribution in [0.15, 0.2) is 36.5 Å². The molecule has 0 radical (unpaired) electrons. The van der Waals surface area contributed by atoms with E-state index in [1.165, 1.54) is 12.3 Å². The standard InChI is InChI=1S/C14H14ClN3O2/c1-20-8-9-3-2-4-11(5-9)18-14(19)10-6-12(15)13(16)17-7-10/h2-7H,8H2,1H3,(H2,16,17)(H,18,19). The van der Waals surface area contributed by atoms with Gasteiger partial charge in [0.15, 0.2) is 0 Å². The summed E-state index contributed by atoms with van der Waals surface area (Å²) < 4.78 is 5.05. The van der Waals surface area contributed by atoms with Crippen LogP contribution >= 0.6 is 11.6 Å². The Morgan fingerprint density at radius 1 is 1.45 bits per heavy atom. The monoisotopic (exact) mass is 291 g/mol. The first-order valence-electron chi connectivity index (χ1n) is 5.90. The summed E-state index contributed by atoms with van der Waals surface area (Å²) in [5.41, 5.74) is 7.50. The Kier molecular flexibility index (Phi) is 4.55. The third-order valence-corrected chi connectivity index (χ3v) is 2.93. The normalized spacial score (nSPS) is 10.3. The molecule has 0 saturated carbocycles. The van der Waals surface area contributed by atoms with Gasteiger partial charge in [-0.05, 0) is 23.8 Å². The van der Waals surface area contributed by atoms with Gasteiger partial charge in [0.25, 0.3) is 5.91 Å². The minimum atomic E-state index is -0.297. The number of nitrogen functional groups attached to an aromatic ring is 1. The summed E-state index contributed by atoms with van der Waals surface area (Å²) in [6.45, 7) is 0.485. The van der Waals surface area contributed by atoms with E-state index in [9.17, 15) is 4.79 Å². The molecular weight excluding hydrogens is 278 g/mol. The molecule has 0 bridgehead atoms. The Morgan fingerprint density at radius 2 is 2.25 bits per heavy atom. The zero-order chi connectivity index (χ0) is 14.5. The molecule has 6 heteroatoms. The van der Waals surface area contributed by atoms with Gasteiger partial charge in [0.2, 0.25) is 0 Å². The van der Waals surface area contributed by atoms with Crippen LogP contribution in [0.25, 0.3) is 0 Å². The predicted molar refractivity (Wildman–Crippen MR) is 78.8 cm³/mol. The molecular formula is C14H14ClN3O2. The van der Waals surface area contributed by atoms with Crippen molar-refractivity contribution in [3.05, 3.63) is 52.7 Å². The lowest BCUT2D eigenvalue weighted by molar-refractivity contribution is 0.102. The van der Waals surface area contributed by atoms with E-state index in [2.05, 4.69) is 10.3 Å². The van der Waals surface area contributed by atoms with Gasteiger partial charge in [-0.15, -0.1) is 0 Å². The second-order valence-electron chi connectivity index (χ2n) is 4.18. The van der Waals surface area contributed by atoms with Crippen LogP contribution in [0.2, 0.25) is 5.02 Å². The van der Waals surface area contributed by atoms with Gasteiger partial charge in [-0.2, -0.15) is 0 Å². The number of rotatable bonds is 4. The third-order valence-electron chi connectivity index (χ3n) is 2.63. The Labute approximate surface area is 121 Å². The number of halogens is 1. The minimum Gasteiger partial charge on any atom is -0.382 e. The van der Waals surface area contributed by atoms with Crippen molar-refractivity contribution in [2.24, 2.45) is 0 Å². The summed E-state index contributed by atoms with van der Waals surface area (Å²) in [6.07, 6.45) is 1.38. The van der Waals surface area contributed by atoms with Gasteiger partial charge < -0.3 is 15.8 Å². The molecule has 0 atom stereocenters. The second-order valence-corrected chi connectivity index (χ2v) is 4.59. The number of aromatic nitrogens is 1. The number of ether oxygens (including phenoxy) is 1. The lowest BCUT2D eigenvalue weighted by atomic mass is 10.2. The van der Waals surface area contributed by atoms with E-state index in [0.717, 1.165) is 5.56 Å². The van der Waals surface area contributed by atoms with Gasteiger partial charge in [-0.25, -0.2) is 4.98 Å². The van der Waals surface area contributed by atoms with Gasteiger partial charge in [-0.3, -0.25) is 4.79 Å². The molecule has 1 amide bonds. The fourth-order valence-corrected chi connectivity index (χ4v) is 1.85. The number of nitrogens with two attached hydrogens (primary N) is 1. The van der Waals surface area contributed by atoms with Gasteiger partial charge in [0, 0.05) is 19.0 Å². The fraction of sp³-hybridized carbons (Fsp3) is 0.143. The number of carbonyl (C=O) groups is 1. The maximum atomic E-state index is 12.1. The molecule has 1 aromatic carbocycles. The van der Waals surface area contributed by atoms with E-state index in [-0.39, 0.29) is 16.7 Å². The first-order valence-corrected chi connectivity index (χ1v) is 6.28. The molecule has 0 unspecified atom stereocenters. The van der Waals surface area contributed by atoms with Crippen molar-refractivity contribution in [3.63, 3.8) is 0 Å². The Bertz CT molecular complexity index is 632. The van der Waals surface area contributed by atoms with Crippen LogP contribution in [-0.2, 0) is 11.3 Å². The van der Waals surface area contributed by atoms with Crippen molar-refractivity contribution in [2.75, 3.05) is 18.2 Å². The summed E-state index contributed by atoms with van der Waals surface area (Å²) in [4.78, 5) is 15.9. The topological polar surface area (TPSA) is 77.2 Å². The van der Waals surface area contributed by atoms with Crippen LogP contribution < -0.4 is 11.1 Å². The van der Waals surface area contributed by atoms with Gasteiger partial charge in [-0.1, -0.05) is 23.7 Å². The fourth-order valence-electron chi connectivity index (χ4n) is 1.68. The van der Waals surface area contributed by atoms with Gasteiger partial charge >= 0.3 is 0 Å². The average Bonchev–Trinajstić information content (AvgIpc) is 2.42. The second kappa shape index (κ2) is 6.36. The summed E-state index contributed by atoms with van der Waals surface area (Å²) >= 11 is 5.84. The van der Waals surface area contributed by atoms with E-state index in [1.807, 2.05) is 18.2 Å².